The molecule has 0 radical (unpaired) electrons. The topological polar surface area (TPSA) is 88.8 Å². The SMILES string of the molecule is CC(C)c1nn2c(=O)cc(CSc3n[nH]c(-c4ccccc4)n3)nc2s1. The summed E-state index contributed by atoms with van der Waals surface area (Å²) in [4.78, 5) is 21.9. The Labute approximate surface area is 157 Å². The van der Waals surface area contributed by atoms with Crippen LogP contribution in [0.15, 0.2) is 46.3 Å². The summed E-state index contributed by atoms with van der Waals surface area (Å²) < 4.78 is 1.37. The molecular weight excluding hydrogens is 368 g/mol. The average molecular weight is 384 g/mol. The summed E-state index contributed by atoms with van der Waals surface area (Å²) in [6.07, 6.45) is 0. The minimum atomic E-state index is -0.159. The number of nitrogens with zero attached hydrogens (tertiary/aromatic N) is 5. The highest BCUT2D eigenvalue weighted by Gasteiger charge is 2.12. The van der Waals surface area contributed by atoms with E-state index in [0.717, 1.165) is 16.4 Å². The van der Waals surface area contributed by atoms with E-state index in [9.17, 15) is 4.79 Å². The molecule has 4 rings (SSSR count). The number of nitrogens with one attached hydrogen (secondary N) is 1. The normalized spacial score (nSPS) is 11.5. The second-order valence-electron chi connectivity index (χ2n) is 6.00. The summed E-state index contributed by atoms with van der Waals surface area (Å²) in [6.45, 7) is 4.10. The molecule has 7 nitrogen and oxygen atoms in total. The third-order valence-corrected chi connectivity index (χ3v) is 5.76. The molecule has 3 heterocycles. The van der Waals surface area contributed by atoms with E-state index in [4.69, 9.17) is 0 Å². The molecule has 0 bridgehead atoms. The maximum Gasteiger partial charge on any atom is 0.275 e. The Hall–Kier alpha value is -2.52. The van der Waals surface area contributed by atoms with E-state index in [0.29, 0.717) is 21.6 Å². The average Bonchev–Trinajstić information content (AvgIpc) is 3.28. The number of rotatable bonds is 5. The van der Waals surface area contributed by atoms with Crippen LogP contribution in [0.1, 0.15) is 30.5 Å². The lowest BCUT2D eigenvalue weighted by atomic mass is 10.2. The third kappa shape index (κ3) is 3.40. The summed E-state index contributed by atoms with van der Waals surface area (Å²) in [5.74, 6) is 1.51. The molecule has 0 aliphatic carbocycles. The monoisotopic (exact) mass is 384 g/mol. The van der Waals surface area contributed by atoms with E-state index in [1.165, 1.54) is 33.7 Å². The molecule has 0 fully saturated rings. The lowest BCUT2D eigenvalue weighted by molar-refractivity contribution is 0.782. The second kappa shape index (κ2) is 7.00. The maximum atomic E-state index is 12.3. The molecule has 26 heavy (non-hydrogen) atoms. The first-order chi connectivity index (χ1) is 12.6. The van der Waals surface area contributed by atoms with E-state index in [-0.39, 0.29) is 11.5 Å². The zero-order valence-corrected chi connectivity index (χ0v) is 15.8. The van der Waals surface area contributed by atoms with Crippen molar-refractivity contribution in [2.24, 2.45) is 0 Å². The van der Waals surface area contributed by atoms with Crippen LogP contribution in [-0.4, -0.2) is 29.8 Å². The highest BCUT2D eigenvalue weighted by atomic mass is 32.2. The van der Waals surface area contributed by atoms with Crippen LogP contribution in [-0.2, 0) is 5.75 Å². The first kappa shape index (κ1) is 16.9. The van der Waals surface area contributed by atoms with Gasteiger partial charge in [0.25, 0.3) is 5.56 Å². The van der Waals surface area contributed by atoms with Gasteiger partial charge in [-0.3, -0.25) is 9.89 Å². The first-order valence-corrected chi connectivity index (χ1v) is 9.90. The Kier molecular flexibility index (Phi) is 4.56. The van der Waals surface area contributed by atoms with E-state index < -0.39 is 0 Å². The Morgan fingerprint density at radius 3 is 2.81 bits per heavy atom. The van der Waals surface area contributed by atoms with Gasteiger partial charge in [0.2, 0.25) is 10.1 Å². The summed E-state index contributed by atoms with van der Waals surface area (Å²) >= 11 is 2.89. The fraction of sp³-hybridized carbons (Fsp3) is 0.235. The van der Waals surface area contributed by atoms with Gasteiger partial charge >= 0.3 is 0 Å². The molecule has 0 amide bonds. The van der Waals surface area contributed by atoms with Crippen LogP contribution in [0, 0.1) is 0 Å². The van der Waals surface area contributed by atoms with Crippen LogP contribution in [0.5, 0.6) is 0 Å². The Bertz CT molecular complexity index is 1100. The number of thioether (sulfide) groups is 1. The Morgan fingerprint density at radius 1 is 1.23 bits per heavy atom. The van der Waals surface area contributed by atoms with Crippen LogP contribution >= 0.6 is 23.1 Å². The molecule has 9 heteroatoms. The quantitative estimate of drug-likeness (QED) is 0.531. The minimum Gasteiger partial charge on any atom is -0.267 e. The lowest BCUT2D eigenvalue weighted by Gasteiger charge is -1.97. The van der Waals surface area contributed by atoms with Crippen molar-refractivity contribution in [1.29, 1.82) is 0 Å². The highest BCUT2D eigenvalue weighted by molar-refractivity contribution is 7.98. The Balaban J connectivity index is 1.53. The molecule has 0 aliphatic heterocycles. The fourth-order valence-electron chi connectivity index (χ4n) is 2.35. The molecule has 0 saturated carbocycles. The standard InChI is InChI=1S/C17H16N6OS2/c1-10(2)15-22-23-13(24)8-12(18-17(23)26-15)9-25-16-19-14(20-21-16)11-6-4-3-5-7-11/h3-8,10H,9H2,1-2H3,(H,19,20,21). The van der Waals surface area contributed by atoms with Gasteiger partial charge in [-0.1, -0.05) is 67.3 Å². The molecule has 132 valence electrons. The van der Waals surface area contributed by atoms with Crippen molar-refractivity contribution in [2.45, 2.75) is 30.7 Å². The zero-order valence-electron chi connectivity index (χ0n) is 14.2. The van der Waals surface area contributed by atoms with Crippen molar-refractivity contribution in [1.82, 2.24) is 29.8 Å². The van der Waals surface area contributed by atoms with Crippen molar-refractivity contribution in [3.8, 4) is 11.4 Å². The van der Waals surface area contributed by atoms with Crippen molar-refractivity contribution in [3.63, 3.8) is 0 Å². The largest absolute Gasteiger partial charge is 0.275 e. The summed E-state index contributed by atoms with van der Waals surface area (Å²) in [5.41, 5.74) is 1.52. The number of benzene rings is 1. The molecular formula is C17H16N6OS2. The van der Waals surface area contributed by atoms with Gasteiger partial charge in [-0.2, -0.15) is 9.61 Å². The van der Waals surface area contributed by atoms with E-state index in [2.05, 4.69) is 25.3 Å². The summed E-state index contributed by atoms with van der Waals surface area (Å²) in [6, 6.07) is 11.3. The fourth-order valence-corrected chi connectivity index (χ4v) is 3.97. The van der Waals surface area contributed by atoms with Crippen molar-refractivity contribution >= 4 is 28.1 Å². The van der Waals surface area contributed by atoms with Crippen molar-refractivity contribution in [2.75, 3.05) is 0 Å². The molecule has 0 unspecified atom stereocenters. The molecule has 1 N–H and O–H groups in total. The van der Waals surface area contributed by atoms with Crippen LogP contribution in [0.2, 0.25) is 0 Å². The predicted octanol–water partition coefficient (Wildman–Crippen LogP) is 3.35. The number of aromatic amines is 1. The first-order valence-electron chi connectivity index (χ1n) is 8.10. The maximum absolute atomic E-state index is 12.3. The van der Waals surface area contributed by atoms with Gasteiger partial charge < -0.3 is 0 Å². The number of hydrogen-bond acceptors (Lipinski definition) is 7. The number of aromatic nitrogens is 6. The molecule has 1 aromatic carbocycles. The van der Waals surface area contributed by atoms with Crippen LogP contribution in [0.25, 0.3) is 16.3 Å². The molecule has 0 saturated heterocycles. The lowest BCUT2D eigenvalue weighted by Crippen LogP contribution is -2.15. The molecule has 0 atom stereocenters. The zero-order chi connectivity index (χ0) is 18.1. The van der Waals surface area contributed by atoms with Crippen molar-refractivity contribution < 1.29 is 0 Å². The van der Waals surface area contributed by atoms with E-state index in [1.54, 1.807) is 0 Å². The number of H-pyrrole nitrogens is 1. The third-order valence-electron chi connectivity index (χ3n) is 3.67. The van der Waals surface area contributed by atoms with E-state index in [1.807, 2.05) is 44.2 Å². The molecule has 0 spiro atoms. The van der Waals surface area contributed by atoms with Gasteiger partial charge in [-0.05, 0) is 0 Å². The molecule has 3 aromatic heterocycles. The van der Waals surface area contributed by atoms with Gasteiger partial charge in [0, 0.05) is 23.3 Å². The minimum absolute atomic E-state index is 0.159. The summed E-state index contributed by atoms with van der Waals surface area (Å²) in [5, 5.41) is 13.0. The predicted molar refractivity (Wildman–Crippen MR) is 103 cm³/mol. The second-order valence-corrected chi connectivity index (χ2v) is 7.93. The number of fused-ring (bicyclic) bond motifs is 1. The van der Waals surface area contributed by atoms with Gasteiger partial charge in [-0.25, -0.2) is 9.97 Å². The molecule has 0 aliphatic rings. The van der Waals surface area contributed by atoms with Gasteiger partial charge in [0.1, 0.15) is 5.01 Å². The molecule has 4 aromatic rings. The van der Waals surface area contributed by atoms with Crippen LogP contribution < -0.4 is 5.56 Å². The van der Waals surface area contributed by atoms with Crippen LogP contribution in [0.4, 0.5) is 0 Å². The van der Waals surface area contributed by atoms with Crippen molar-refractivity contribution in [3.05, 3.63) is 57.5 Å². The van der Waals surface area contributed by atoms with Gasteiger partial charge in [0.05, 0.1) is 5.69 Å². The van der Waals surface area contributed by atoms with Gasteiger partial charge in [-0.15, -0.1) is 5.10 Å². The van der Waals surface area contributed by atoms with Crippen LogP contribution in [0.3, 0.4) is 0 Å². The summed E-state index contributed by atoms with van der Waals surface area (Å²) in [7, 11) is 0. The highest BCUT2D eigenvalue weighted by Crippen LogP contribution is 2.23. The van der Waals surface area contributed by atoms with E-state index >= 15 is 0 Å². The number of hydrogen-bond donors (Lipinski definition) is 1. The van der Waals surface area contributed by atoms with Gasteiger partial charge in [0.15, 0.2) is 5.82 Å². The smallest absolute Gasteiger partial charge is 0.267 e. The Morgan fingerprint density at radius 2 is 2.04 bits per heavy atom.